The molecular formula is C11H19N3O6S. The first-order valence-corrected chi connectivity index (χ1v) is 7.71. The third kappa shape index (κ3) is 4.49. The van der Waals surface area contributed by atoms with Crippen molar-refractivity contribution in [2.24, 2.45) is 0 Å². The number of rotatable bonds is 8. The number of aryl methyl sites for hydroxylation is 2. The highest BCUT2D eigenvalue weighted by atomic mass is 32.2. The number of aromatic nitrogens is 2. The smallest absolute Gasteiger partial charge is 0.305 e. The summed E-state index contributed by atoms with van der Waals surface area (Å²) in [5, 5.41) is 30.5. The number of nitrogens with zero attached hydrogens (tertiary/aromatic N) is 2. The highest BCUT2D eigenvalue weighted by Crippen LogP contribution is 2.19. The normalized spacial score (nSPS) is 13.3. The van der Waals surface area contributed by atoms with Crippen molar-refractivity contribution in [3.63, 3.8) is 0 Å². The molecule has 0 amide bonds. The Morgan fingerprint density at radius 2 is 2.05 bits per heavy atom. The van der Waals surface area contributed by atoms with E-state index in [-0.39, 0.29) is 30.1 Å². The van der Waals surface area contributed by atoms with E-state index >= 15 is 0 Å². The van der Waals surface area contributed by atoms with E-state index in [4.69, 9.17) is 10.2 Å². The lowest BCUT2D eigenvalue weighted by molar-refractivity contribution is -0.137. The summed E-state index contributed by atoms with van der Waals surface area (Å²) < 4.78 is 27.8. The summed E-state index contributed by atoms with van der Waals surface area (Å²) in [5.41, 5.74) is 0.559. The fourth-order valence-electron chi connectivity index (χ4n) is 1.83. The van der Waals surface area contributed by atoms with Crippen molar-refractivity contribution < 1.29 is 28.5 Å². The third-order valence-corrected chi connectivity index (χ3v) is 4.52. The third-order valence-electron chi connectivity index (χ3n) is 2.84. The topological polar surface area (TPSA) is 142 Å². The number of aliphatic hydroxyl groups is 2. The van der Waals surface area contributed by atoms with Gasteiger partial charge in [-0.3, -0.25) is 9.48 Å². The molecule has 1 atom stereocenters. The Bertz CT molecular complexity index is 610. The van der Waals surface area contributed by atoms with Crippen molar-refractivity contribution in [3.8, 4) is 0 Å². The number of carbonyl (C=O) groups is 1. The summed E-state index contributed by atoms with van der Waals surface area (Å²) in [5.74, 6) is -1.00. The van der Waals surface area contributed by atoms with Crippen LogP contribution in [0.3, 0.4) is 0 Å². The van der Waals surface area contributed by atoms with Gasteiger partial charge in [0.05, 0.1) is 37.1 Å². The van der Waals surface area contributed by atoms with Crippen LogP contribution >= 0.6 is 0 Å². The van der Waals surface area contributed by atoms with Crippen molar-refractivity contribution in [1.29, 1.82) is 0 Å². The molecule has 21 heavy (non-hydrogen) atoms. The molecule has 0 saturated carbocycles. The van der Waals surface area contributed by atoms with E-state index in [9.17, 15) is 18.3 Å². The SMILES string of the molecule is Cc1nn(CCC(=O)O)c(C)c1S(=O)(=O)NCC(O)CO. The van der Waals surface area contributed by atoms with Crippen LogP contribution in [0.5, 0.6) is 0 Å². The Kier molecular flexibility index (Phi) is 5.84. The second kappa shape index (κ2) is 6.98. The van der Waals surface area contributed by atoms with Crippen molar-refractivity contribution in [3.05, 3.63) is 11.4 Å². The summed E-state index contributed by atoms with van der Waals surface area (Å²) in [6, 6.07) is 0. The number of aliphatic hydroxyl groups excluding tert-OH is 2. The first kappa shape index (κ1) is 17.6. The Morgan fingerprint density at radius 1 is 1.43 bits per heavy atom. The summed E-state index contributed by atoms with van der Waals surface area (Å²) in [7, 11) is -3.90. The van der Waals surface area contributed by atoms with Crippen LogP contribution in [-0.4, -0.2) is 58.7 Å². The molecule has 1 heterocycles. The van der Waals surface area contributed by atoms with Gasteiger partial charge in [0, 0.05) is 6.54 Å². The number of sulfonamides is 1. The van der Waals surface area contributed by atoms with Crippen LogP contribution < -0.4 is 4.72 Å². The van der Waals surface area contributed by atoms with Crippen molar-refractivity contribution in [1.82, 2.24) is 14.5 Å². The molecule has 0 aromatic carbocycles. The maximum Gasteiger partial charge on any atom is 0.305 e. The zero-order valence-electron chi connectivity index (χ0n) is 11.8. The van der Waals surface area contributed by atoms with E-state index < -0.39 is 28.7 Å². The van der Waals surface area contributed by atoms with Crippen molar-refractivity contribution >= 4 is 16.0 Å². The zero-order valence-corrected chi connectivity index (χ0v) is 12.6. The molecule has 4 N–H and O–H groups in total. The summed E-state index contributed by atoms with van der Waals surface area (Å²) in [6.07, 6.45) is -1.36. The standard InChI is InChI=1S/C11H19N3O6S/c1-7-11(21(19,20)12-5-9(16)6-15)8(2)14(13-7)4-3-10(17)18/h9,12,15-16H,3-6H2,1-2H3,(H,17,18). The number of hydrogen-bond donors (Lipinski definition) is 4. The van der Waals surface area contributed by atoms with Crippen LogP contribution in [0.15, 0.2) is 4.90 Å². The fourth-order valence-corrected chi connectivity index (χ4v) is 3.31. The van der Waals surface area contributed by atoms with E-state index in [0.717, 1.165) is 0 Å². The van der Waals surface area contributed by atoms with E-state index in [2.05, 4.69) is 9.82 Å². The molecule has 10 heteroatoms. The molecule has 1 rings (SSSR count). The van der Waals surface area contributed by atoms with Gasteiger partial charge in [-0.15, -0.1) is 0 Å². The minimum absolute atomic E-state index is 0.0435. The monoisotopic (exact) mass is 321 g/mol. The van der Waals surface area contributed by atoms with E-state index in [1.54, 1.807) is 0 Å². The first-order chi connectivity index (χ1) is 9.69. The molecule has 0 bridgehead atoms. The molecule has 1 unspecified atom stereocenters. The number of nitrogens with one attached hydrogen (secondary N) is 1. The second-order valence-corrected chi connectivity index (χ2v) is 6.26. The minimum Gasteiger partial charge on any atom is -0.481 e. The van der Waals surface area contributed by atoms with Crippen LogP contribution in [0.25, 0.3) is 0 Å². The van der Waals surface area contributed by atoms with E-state index in [0.29, 0.717) is 5.69 Å². The molecule has 1 aromatic heterocycles. The molecule has 120 valence electrons. The Labute approximate surface area is 122 Å². The maximum absolute atomic E-state index is 12.2. The van der Waals surface area contributed by atoms with Crippen LogP contribution in [0.2, 0.25) is 0 Å². The predicted octanol–water partition coefficient (Wildman–Crippen LogP) is -1.39. The lowest BCUT2D eigenvalue weighted by Crippen LogP contribution is -2.34. The largest absolute Gasteiger partial charge is 0.481 e. The van der Waals surface area contributed by atoms with Gasteiger partial charge in [0.1, 0.15) is 4.90 Å². The molecule has 0 saturated heterocycles. The van der Waals surface area contributed by atoms with Gasteiger partial charge in [0.2, 0.25) is 10.0 Å². The minimum atomic E-state index is -3.90. The second-order valence-electron chi connectivity index (χ2n) is 4.56. The molecule has 0 aliphatic heterocycles. The van der Waals surface area contributed by atoms with Gasteiger partial charge >= 0.3 is 5.97 Å². The zero-order chi connectivity index (χ0) is 16.2. The Balaban J connectivity index is 2.99. The summed E-state index contributed by atoms with van der Waals surface area (Å²) in [4.78, 5) is 10.5. The summed E-state index contributed by atoms with van der Waals surface area (Å²) in [6.45, 7) is 2.22. The van der Waals surface area contributed by atoms with Gasteiger partial charge in [-0.25, -0.2) is 13.1 Å². The fraction of sp³-hybridized carbons (Fsp3) is 0.636. The number of hydrogen-bond acceptors (Lipinski definition) is 6. The molecule has 9 nitrogen and oxygen atoms in total. The van der Waals surface area contributed by atoms with Crippen LogP contribution in [0.4, 0.5) is 0 Å². The highest BCUT2D eigenvalue weighted by molar-refractivity contribution is 7.89. The molecule has 1 aromatic rings. The van der Waals surface area contributed by atoms with Crippen LogP contribution in [0, 0.1) is 13.8 Å². The van der Waals surface area contributed by atoms with Crippen LogP contribution in [0.1, 0.15) is 17.8 Å². The molecule has 0 spiro atoms. The quantitative estimate of drug-likeness (QED) is 0.461. The molecule has 0 fully saturated rings. The van der Waals surface area contributed by atoms with E-state index in [1.807, 2.05) is 0 Å². The Hall–Kier alpha value is -1.49. The van der Waals surface area contributed by atoms with Gasteiger partial charge in [0.25, 0.3) is 0 Å². The molecule has 0 aliphatic rings. The van der Waals surface area contributed by atoms with Crippen molar-refractivity contribution in [2.45, 2.75) is 37.8 Å². The number of aliphatic carboxylic acids is 1. The van der Waals surface area contributed by atoms with Gasteiger partial charge < -0.3 is 15.3 Å². The molecular weight excluding hydrogens is 302 g/mol. The molecule has 0 radical (unpaired) electrons. The lowest BCUT2D eigenvalue weighted by Gasteiger charge is -2.10. The van der Waals surface area contributed by atoms with Gasteiger partial charge in [-0.1, -0.05) is 0 Å². The van der Waals surface area contributed by atoms with Gasteiger partial charge in [0.15, 0.2) is 0 Å². The number of carboxylic acids is 1. The first-order valence-electron chi connectivity index (χ1n) is 6.23. The van der Waals surface area contributed by atoms with Crippen molar-refractivity contribution in [2.75, 3.05) is 13.2 Å². The summed E-state index contributed by atoms with van der Waals surface area (Å²) >= 11 is 0. The van der Waals surface area contributed by atoms with Gasteiger partial charge in [-0.05, 0) is 13.8 Å². The van der Waals surface area contributed by atoms with Gasteiger partial charge in [-0.2, -0.15) is 5.10 Å². The molecule has 0 aliphatic carbocycles. The highest BCUT2D eigenvalue weighted by Gasteiger charge is 2.25. The maximum atomic E-state index is 12.2. The number of carboxylic acid groups (broad SMARTS) is 1. The lowest BCUT2D eigenvalue weighted by atomic mass is 10.4. The predicted molar refractivity (Wildman–Crippen MR) is 72.2 cm³/mol. The van der Waals surface area contributed by atoms with E-state index in [1.165, 1.54) is 18.5 Å². The average Bonchev–Trinajstić information content (AvgIpc) is 2.68. The van der Waals surface area contributed by atoms with Crippen LogP contribution in [-0.2, 0) is 21.4 Å². The Morgan fingerprint density at radius 3 is 2.57 bits per heavy atom. The average molecular weight is 321 g/mol.